The van der Waals surface area contributed by atoms with Crippen LogP contribution in [-0.2, 0) is 14.3 Å². The van der Waals surface area contributed by atoms with Crippen molar-refractivity contribution in [2.75, 3.05) is 46.3 Å². The van der Waals surface area contributed by atoms with Crippen molar-refractivity contribution in [2.45, 2.75) is 19.3 Å². The molecule has 1 aliphatic rings. The van der Waals surface area contributed by atoms with Gasteiger partial charge in [0.25, 0.3) is 0 Å². The Morgan fingerprint density at radius 1 is 1.24 bits per heavy atom. The van der Waals surface area contributed by atoms with Crippen LogP contribution in [0.2, 0.25) is 0 Å². The highest BCUT2D eigenvalue weighted by atomic mass is 32.1. The molecule has 0 aromatic rings. The van der Waals surface area contributed by atoms with E-state index >= 15 is 0 Å². The van der Waals surface area contributed by atoms with E-state index in [0.29, 0.717) is 32.7 Å². The van der Waals surface area contributed by atoms with Crippen LogP contribution in [-0.4, -0.2) is 57.1 Å². The van der Waals surface area contributed by atoms with E-state index in [1.54, 1.807) is 14.2 Å². The fraction of sp³-hybridized carbons (Fsp3) is 0.917. The van der Waals surface area contributed by atoms with Gasteiger partial charge in [-0.25, -0.2) is 0 Å². The maximum Gasteiger partial charge on any atom is 0.223 e. The number of thiol groups is 1. The monoisotopic (exact) mass is 261 g/mol. The Bertz CT molecular complexity index is 236. The minimum absolute atomic E-state index is 0.179. The maximum absolute atomic E-state index is 12.2. The summed E-state index contributed by atoms with van der Waals surface area (Å²) in [7, 11) is 3.30. The summed E-state index contributed by atoms with van der Waals surface area (Å²) in [4.78, 5) is 14.0. The molecule has 0 aromatic heterocycles. The third kappa shape index (κ3) is 4.85. The second-order valence-electron chi connectivity index (χ2n) is 4.70. The molecule has 0 atom stereocenters. The summed E-state index contributed by atoms with van der Waals surface area (Å²) in [6, 6.07) is 0. The first-order valence-electron chi connectivity index (χ1n) is 6.04. The van der Waals surface area contributed by atoms with E-state index in [9.17, 15) is 4.79 Å². The molecule has 4 nitrogen and oxygen atoms in total. The van der Waals surface area contributed by atoms with Crippen molar-refractivity contribution < 1.29 is 14.3 Å². The molecule has 0 radical (unpaired) electrons. The van der Waals surface area contributed by atoms with Gasteiger partial charge in [0.15, 0.2) is 0 Å². The largest absolute Gasteiger partial charge is 0.383 e. The highest BCUT2D eigenvalue weighted by molar-refractivity contribution is 7.80. The summed E-state index contributed by atoms with van der Waals surface area (Å²) in [6.07, 6.45) is 2.87. The summed E-state index contributed by atoms with van der Waals surface area (Å²) in [5, 5.41) is 0. The first kappa shape index (κ1) is 14.8. The molecule has 0 spiro atoms. The Morgan fingerprint density at radius 2 is 1.76 bits per heavy atom. The molecule has 0 bridgehead atoms. The SMILES string of the molecule is COCCN(CCOC)C(=O)CC1(CS)CC1. The number of carbonyl (C=O) groups excluding carboxylic acids is 1. The Kier molecular flexibility index (Phi) is 6.30. The molecular weight excluding hydrogens is 238 g/mol. The first-order valence-corrected chi connectivity index (χ1v) is 6.67. The minimum atomic E-state index is 0.179. The number of amides is 1. The zero-order valence-electron chi connectivity index (χ0n) is 10.8. The van der Waals surface area contributed by atoms with Crippen LogP contribution in [0.15, 0.2) is 0 Å². The van der Waals surface area contributed by atoms with Crippen molar-refractivity contribution >= 4 is 18.5 Å². The zero-order chi connectivity index (χ0) is 12.7. The highest BCUT2D eigenvalue weighted by Crippen LogP contribution is 2.49. The van der Waals surface area contributed by atoms with Gasteiger partial charge in [-0.05, 0) is 24.0 Å². The Morgan fingerprint density at radius 3 is 2.12 bits per heavy atom. The number of nitrogens with zero attached hydrogens (tertiary/aromatic N) is 1. The number of carbonyl (C=O) groups is 1. The molecular formula is C12H23NO3S. The second kappa shape index (κ2) is 7.24. The standard InChI is InChI=1S/C12H23NO3S/c1-15-7-5-13(6-8-16-2)11(14)9-12(10-17)3-4-12/h17H,3-10H2,1-2H3. The number of hydrogen-bond acceptors (Lipinski definition) is 4. The Balaban J connectivity index is 2.40. The minimum Gasteiger partial charge on any atom is -0.383 e. The van der Waals surface area contributed by atoms with Crippen LogP contribution >= 0.6 is 12.6 Å². The van der Waals surface area contributed by atoms with Gasteiger partial charge in [-0.2, -0.15) is 12.6 Å². The topological polar surface area (TPSA) is 38.8 Å². The average molecular weight is 261 g/mol. The maximum atomic E-state index is 12.2. The van der Waals surface area contributed by atoms with E-state index in [-0.39, 0.29) is 11.3 Å². The molecule has 0 aliphatic heterocycles. The van der Waals surface area contributed by atoms with Crippen molar-refractivity contribution in [3.63, 3.8) is 0 Å². The predicted molar refractivity (Wildman–Crippen MR) is 70.5 cm³/mol. The van der Waals surface area contributed by atoms with Gasteiger partial charge in [-0.3, -0.25) is 4.79 Å². The molecule has 0 heterocycles. The molecule has 0 aromatic carbocycles. The van der Waals surface area contributed by atoms with Crippen molar-refractivity contribution in [1.29, 1.82) is 0 Å². The Hall–Kier alpha value is -0.260. The van der Waals surface area contributed by atoms with Gasteiger partial charge >= 0.3 is 0 Å². The molecule has 100 valence electrons. The van der Waals surface area contributed by atoms with Gasteiger partial charge in [0, 0.05) is 33.7 Å². The van der Waals surface area contributed by atoms with Crippen molar-refractivity contribution in [1.82, 2.24) is 4.90 Å². The lowest BCUT2D eigenvalue weighted by Gasteiger charge is -2.24. The summed E-state index contributed by atoms with van der Waals surface area (Å²) in [5.41, 5.74) is 0.179. The van der Waals surface area contributed by atoms with Crippen molar-refractivity contribution in [3.8, 4) is 0 Å². The van der Waals surface area contributed by atoms with Crippen LogP contribution in [0.1, 0.15) is 19.3 Å². The van der Waals surface area contributed by atoms with E-state index in [4.69, 9.17) is 9.47 Å². The highest BCUT2D eigenvalue weighted by Gasteiger charge is 2.43. The summed E-state index contributed by atoms with van der Waals surface area (Å²) >= 11 is 4.33. The zero-order valence-corrected chi connectivity index (χ0v) is 11.7. The van der Waals surface area contributed by atoms with Gasteiger partial charge in [0.2, 0.25) is 5.91 Å². The van der Waals surface area contributed by atoms with E-state index in [0.717, 1.165) is 18.6 Å². The average Bonchev–Trinajstić information content (AvgIpc) is 3.09. The molecule has 0 saturated heterocycles. The molecule has 0 unspecified atom stereocenters. The third-order valence-corrected chi connectivity index (χ3v) is 3.97. The Labute approximate surface area is 109 Å². The van der Waals surface area contributed by atoms with E-state index in [1.165, 1.54) is 0 Å². The smallest absolute Gasteiger partial charge is 0.223 e. The van der Waals surface area contributed by atoms with Crippen LogP contribution in [0.3, 0.4) is 0 Å². The van der Waals surface area contributed by atoms with Gasteiger partial charge in [0.05, 0.1) is 13.2 Å². The normalized spacial score (nSPS) is 16.9. The van der Waals surface area contributed by atoms with Crippen LogP contribution in [0.5, 0.6) is 0 Å². The van der Waals surface area contributed by atoms with Gasteiger partial charge in [-0.1, -0.05) is 0 Å². The molecule has 1 rings (SSSR count). The molecule has 1 aliphatic carbocycles. The lowest BCUT2D eigenvalue weighted by molar-refractivity contribution is -0.133. The molecule has 0 N–H and O–H groups in total. The van der Waals surface area contributed by atoms with Gasteiger partial charge in [0.1, 0.15) is 0 Å². The van der Waals surface area contributed by atoms with Crippen molar-refractivity contribution in [3.05, 3.63) is 0 Å². The van der Waals surface area contributed by atoms with Gasteiger partial charge in [-0.15, -0.1) is 0 Å². The number of hydrogen-bond donors (Lipinski definition) is 1. The summed E-state index contributed by atoms with van der Waals surface area (Å²) in [5.74, 6) is 1.01. The van der Waals surface area contributed by atoms with E-state index < -0.39 is 0 Å². The fourth-order valence-electron chi connectivity index (χ4n) is 1.76. The third-order valence-electron chi connectivity index (χ3n) is 3.30. The lowest BCUT2D eigenvalue weighted by atomic mass is 10.0. The lowest BCUT2D eigenvalue weighted by Crippen LogP contribution is -2.37. The molecule has 1 fully saturated rings. The first-order chi connectivity index (χ1) is 8.17. The molecule has 17 heavy (non-hydrogen) atoms. The van der Waals surface area contributed by atoms with Crippen LogP contribution in [0.4, 0.5) is 0 Å². The second-order valence-corrected chi connectivity index (χ2v) is 5.02. The molecule has 5 heteroatoms. The number of ether oxygens (including phenoxy) is 2. The number of rotatable bonds is 9. The van der Waals surface area contributed by atoms with Gasteiger partial charge < -0.3 is 14.4 Å². The predicted octanol–water partition coefficient (Wildman–Crippen LogP) is 1.21. The van der Waals surface area contributed by atoms with Crippen LogP contribution in [0, 0.1) is 5.41 Å². The van der Waals surface area contributed by atoms with E-state index in [1.807, 2.05) is 4.90 Å². The quantitative estimate of drug-likeness (QED) is 0.634. The molecule has 1 amide bonds. The molecule has 1 saturated carbocycles. The number of methoxy groups -OCH3 is 2. The van der Waals surface area contributed by atoms with Crippen LogP contribution < -0.4 is 0 Å². The summed E-state index contributed by atoms with van der Waals surface area (Å²) < 4.78 is 10.0. The van der Waals surface area contributed by atoms with Crippen molar-refractivity contribution in [2.24, 2.45) is 5.41 Å². The fourth-order valence-corrected chi connectivity index (χ4v) is 2.19. The van der Waals surface area contributed by atoms with E-state index in [2.05, 4.69) is 12.6 Å². The van der Waals surface area contributed by atoms with Crippen LogP contribution in [0.25, 0.3) is 0 Å². The summed E-state index contributed by atoms with van der Waals surface area (Å²) in [6.45, 7) is 2.43.